The molecule has 30 heavy (non-hydrogen) atoms. The van der Waals surface area contributed by atoms with Gasteiger partial charge in [-0.2, -0.15) is 0 Å². The molecule has 0 radical (unpaired) electrons. The fraction of sp³-hybridized carbons (Fsp3) is 0.263. The molecular weight excluding hydrogens is 386 g/mol. The molecule has 0 atom stereocenters. The van der Waals surface area contributed by atoms with E-state index in [9.17, 15) is 9.59 Å². The van der Waals surface area contributed by atoms with Crippen molar-refractivity contribution in [1.29, 1.82) is 0 Å². The highest BCUT2D eigenvalue weighted by Gasteiger charge is 2.10. The lowest BCUT2D eigenvalue weighted by Gasteiger charge is -2.17. The van der Waals surface area contributed by atoms with E-state index in [-0.39, 0.29) is 11.8 Å². The van der Waals surface area contributed by atoms with Crippen LogP contribution in [0, 0.1) is 0 Å². The molecule has 2 aromatic carbocycles. The number of nitrogens with zero attached hydrogens (tertiary/aromatic N) is 5. The molecule has 0 saturated carbocycles. The Morgan fingerprint density at radius 3 is 1.77 bits per heavy atom. The van der Waals surface area contributed by atoms with Crippen LogP contribution in [0.4, 0.5) is 0 Å². The van der Waals surface area contributed by atoms with Crippen LogP contribution in [0.5, 0.6) is 0 Å². The van der Waals surface area contributed by atoms with Gasteiger partial charge in [0.25, 0.3) is 11.8 Å². The van der Waals surface area contributed by atoms with Gasteiger partial charge in [-0.3, -0.25) is 19.8 Å². The molecule has 154 valence electrons. The maximum absolute atomic E-state index is 12.3. The summed E-state index contributed by atoms with van der Waals surface area (Å²) < 4.78 is 0. The molecule has 0 spiro atoms. The third-order valence-electron chi connectivity index (χ3n) is 4.73. The number of hydrogen-bond donors (Lipinski definition) is 4. The Kier molecular flexibility index (Phi) is 5.61. The van der Waals surface area contributed by atoms with Crippen molar-refractivity contribution < 1.29 is 9.59 Å². The first kappa shape index (κ1) is 19.5. The summed E-state index contributed by atoms with van der Waals surface area (Å²) in [6, 6.07) is 10.4. The first-order chi connectivity index (χ1) is 14.6. The van der Waals surface area contributed by atoms with Gasteiger partial charge in [0.1, 0.15) is 11.0 Å². The maximum Gasteiger partial charge on any atom is 0.251 e. The van der Waals surface area contributed by atoms with Crippen LogP contribution in [-0.2, 0) is 0 Å². The van der Waals surface area contributed by atoms with Crippen molar-refractivity contribution in [1.82, 2.24) is 46.4 Å². The Balaban J connectivity index is 1.17. The Bertz CT molecular complexity index is 1090. The average Bonchev–Trinajstić information content (AvgIpc) is 3.41. The average molecular weight is 407 g/mol. The highest BCUT2D eigenvalue weighted by molar-refractivity contribution is 5.97. The first-order valence-corrected chi connectivity index (χ1v) is 9.47. The molecule has 0 bridgehead atoms. The number of likely N-dealkylation sites (N-methyl/N-ethyl adjacent to an activating group) is 1. The lowest BCUT2D eigenvalue weighted by atomic mass is 10.2. The van der Waals surface area contributed by atoms with Gasteiger partial charge in [0.05, 0.1) is 11.0 Å². The van der Waals surface area contributed by atoms with Crippen molar-refractivity contribution in [3.05, 3.63) is 47.5 Å². The number of carbonyl (C=O) groups excluding carboxylic acids is 2. The third kappa shape index (κ3) is 4.41. The summed E-state index contributed by atoms with van der Waals surface area (Å²) in [5, 5.41) is 26.5. The van der Waals surface area contributed by atoms with E-state index in [1.165, 1.54) is 0 Å². The van der Waals surface area contributed by atoms with E-state index in [2.05, 4.69) is 41.5 Å². The monoisotopic (exact) mass is 407 g/mol. The number of rotatable bonds is 8. The summed E-state index contributed by atoms with van der Waals surface area (Å²) in [5.74, 6) is -0.311. The van der Waals surface area contributed by atoms with E-state index in [0.29, 0.717) is 37.3 Å². The van der Waals surface area contributed by atoms with Gasteiger partial charge in [-0.25, -0.2) is 0 Å². The lowest BCUT2D eigenvalue weighted by molar-refractivity contribution is 0.0948. The van der Waals surface area contributed by atoms with Crippen molar-refractivity contribution in [3.8, 4) is 0 Å². The molecular formula is C19H21N9O2. The number of amides is 2. The molecule has 2 heterocycles. The molecule has 11 heteroatoms. The molecule has 4 rings (SSSR count). The van der Waals surface area contributed by atoms with E-state index < -0.39 is 0 Å². The highest BCUT2D eigenvalue weighted by Crippen LogP contribution is 2.11. The number of aromatic nitrogens is 6. The normalized spacial score (nSPS) is 11.3. The maximum atomic E-state index is 12.3. The second kappa shape index (κ2) is 8.66. The summed E-state index contributed by atoms with van der Waals surface area (Å²) in [6.07, 6.45) is 0. The molecule has 0 fully saturated rings. The number of H-pyrrole nitrogens is 2. The van der Waals surface area contributed by atoms with Crippen molar-refractivity contribution >= 4 is 33.9 Å². The van der Waals surface area contributed by atoms with Crippen LogP contribution >= 0.6 is 0 Å². The second-order valence-corrected chi connectivity index (χ2v) is 6.90. The number of aromatic amines is 2. The lowest BCUT2D eigenvalue weighted by Crippen LogP contribution is -2.37. The molecule has 0 aliphatic heterocycles. The van der Waals surface area contributed by atoms with Gasteiger partial charge in [-0.15, -0.1) is 10.2 Å². The van der Waals surface area contributed by atoms with Gasteiger partial charge >= 0.3 is 0 Å². The molecule has 0 aliphatic carbocycles. The highest BCUT2D eigenvalue weighted by atomic mass is 16.2. The predicted molar refractivity (Wildman–Crippen MR) is 110 cm³/mol. The number of benzene rings is 2. The van der Waals surface area contributed by atoms with Crippen molar-refractivity contribution in [3.63, 3.8) is 0 Å². The zero-order chi connectivity index (χ0) is 20.9. The zero-order valence-corrected chi connectivity index (χ0v) is 16.3. The topological polar surface area (TPSA) is 145 Å². The zero-order valence-electron chi connectivity index (χ0n) is 16.3. The van der Waals surface area contributed by atoms with Gasteiger partial charge in [-0.05, 0) is 43.4 Å². The fourth-order valence-electron chi connectivity index (χ4n) is 3.01. The number of nitrogens with one attached hydrogen (secondary N) is 4. The summed E-state index contributed by atoms with van der Waals surface area (Å²) in [6.45, 7) is 2.29. The van der Waals surface area contributed by atoms with Crippen molar-refractivity contribution in [2.45, 2.75) is 0 Å². The molecule has 2 amide bonds. The minimum atomic E-state index is -0.156. The van der Waals surface area contributed by atoms with Gasteiger partial charge in [0.15, 0.2) is 0 Å². The van der Waals surface area contributed by atoms with Gasteiger partial charge in [0, 0.05) is 37.3 Å². The molecule has 2 aromatic heterocycles. The standard InChI is InChI=1S/C19H21N9O2/c1-28(8-6-20-18(29)12-2-4-14-16(10-12)24-26-22-14)9-7-21-19(30)13-3-5-15-17(11-13)25-27-23-15/h2-5,10-11H,6-9H2,1H3,(H,20,29)(H,21,30)(H,22,24,26)(H,23,25,27). The van der Waals surface area contributed by atoms with Gasteiger partial charge in [0.2, 0.25) is 0 Å². The first-order valence-electron chi connectivity index (χ1n) is 9.47. The number of fused-ring (bicyclic) bond motifs is 2. The summed E-state index contributed by atoms with van der Waals surface area (Å²) in [5.41, 5.74) is 3.97. The second-order valence-electron chi connectivity index (χ2n) is 6.90. The summed E-state index contributed by atoms with van der Waals surface area (Å²) >= 11 is 0. The van der Waals surface area contributed by atoms with Gasteiger partial charge < -0.3 is 15.5 Å². The predicted octanol–water partition coefficient (Wildman–Crippen LogP) is 0.321. The molecule has 0 unspecified atom stereocenters. The SMILES string of the molecule is CN(CCNC(=O)c1ccc2nn[nH]c2c1)CCNC(=O)c1ccc2nn[nH]c2c1. The van der Waals surface area contributed by atoms with Crippen LogP contribution in [0.15, 0.2) is 36.4 Å². The van der Waals surface area contributed by atoms with E-state index in [1.807, 2.05) is 11.9 Å². The van der Waals surface area contributed by atoms with Crippen molar-refractivity contribution in [2.24, 2.45) is 0 Å². The Hall–Kier alpha value is -3.86. The fourth-order valence-corrected chi connectivity index (χ4v) is 3.01. The molecule has 4 aromatic rings. The minimum Gasteiger partial charge on any atom is -0.351 e. The van der Waals surface area contributed by atoms with Crippen LogP contribution in [0.1, 0.15) is 20.7 Å². The van der Waals surface area contributed by atoms with E-state index >= 15 is 0 Å². The summed E-state index contributed by atoms with van der Waals surface area (Å²) in [4.78, 5) is 26.6. The summed E-state index contributed by atoms with van der Waals surface area (Å²) in [7, 11) is 1.93. The van der Waals surface area contributed by atoms with Crippen LogP contribution in [0.3, 0.4) is 0 Å². The Labute approximate surface area is 171 Å². The van der Waals surface area contributed by atoms with E-state index in [0.717, 1.165) is 22.1 Å². The number of carbonyl (C=O) groups is 2. The van der Waals surface area contributed by atoms with Crippen LogP contribution in [0.25, 0.3) is 22.1 Å². The molecule has 0 aliphatic rings. The number of hydrogen-bond acceptors (Lipinski definition) is 7. The largest absolute Gasteiger partial charge is 0.351 e. The minimum absolute atomic E-state index is 0.156. The Morgan fingerprint density at radius 1 is 0.833 bits per heavy atom. The van der Waals surface area contributed by atoms with E-state index in [4.69, 9.17) is 0 Å². The van der Waals surface area contributed by atoms with E-state index in [1.54, 1.807) is 36.4 Å². The third-order valence-corrected chi connectivity index (χ3v) is 4.73. The molecule has 4 N–H and O–H groups in total. The smallest absolute Gasteiger partial charge is 0.251 e. The Morgan fingerprint density at radius 2 is 1.30 bits per heavy atom. The molecule has 11 nitrogen and oxygen atoms in total. The van der Waals surface area contributed by atoms with Crippen LogP contribution < -0.4 is 10.6 Å². The van der Waals surface area contributed by atoms with Crippen LogP contribution in [0.2, 0.25) is 0 Å². The molecule has 0 saturated heterocycles. The van der Waals surface area contributed by atoms with Gasteiger partial charge in [-0.1, -0.05) is 10.4 Å². The quantitative estimate of drug-likeness (QED) is 0.329. The van der Waals surface area contributed by atoms with Crippen LogP contribution in [-0.4, -0.2) is 80.8 Å². The van der Waals surface area contributed by atoms with Crippen molar-refractivity contribution in [2.75, 3.05) is 33.2 Å².